The first kappa shape index (κ1) is 16.8. The summed E-state index contributed by atoms with van der Waals surface area (Å²) >= 11 is 0. The van der Waals surface area contributed by atoms with Crippen LogP contribution in [0.2, 0.25) is 0 Å². The number of hydrogen-bond acceptors (Lipinski definition) is 1. The zero-order chi connectivity index (χ0) is 15.7. The van der Waals surface area contributed by atoms with Gasteiger partial charge in [0.2, 0.25) is 0 Å². The molecule has 2 rings (SSSR count). The van der Waals surface area contributed by atoms with E-state index in [0.29, 0.717) is 16.7 Å². The van der Waals surface area contributed by atoms with Crippen LogP contribution in [0.15, 0.2) is 23.8 Å². The SMILES string of the molecule is C=C1CC[C@@H]2CC(C)(C)CC[C@@]2(C)[C@@H]1CC/C(C)=C/CO. The van der Waals surface area contributed by atoms with Gasteiger partial charge in [0.25, 0.3) is 0 Å². The normalized spacial score (nSPS) is 36.4. The predicted molar refractivity (Wildman–Crippen MR) is 91.2 cm³/mol. The van der Waals surface area contributed by atoms with Gasteiger partial charge in [-0.05, 0) is 74.5 Å². The van der Waals surface area contributed by atoms with Crippen molar-refractivity contribution in [2.24, 2.45) is 22.7 Å². The van der Waals surface area contributed by atoms with E-state index in [0.717, 1.165) is 12.3 Å². The number of allylic oxidation sites excluding steroid dienone is 2. The second-order valence-electron chi connectivity index (χ2n) is 8.59. The molecule has 21 heavy (non-hydrogen) atoms. The first-order valence-electron chi connectivity index (χ1n) is 8.73. The minimum Gasteiger partial charge on any atom is -0.392 e. The Labute approximate surface area is 131 Å². The van der Waals surface area contributed by atoms with Gasteiger partial charge in [0.1, 0.15) is 0 Å². The summed E-state index contributed by atoms with van der Waals surface area (Å²) in [5.41, 5.74) is 3.81. The van der Waals surface area contributed by atoms with Crippen molar-refractivity contribution in [2.75, 3.05) is 6.61 Å². The Morgan fingerprint density at radius 2 is 2.05 bits per heavy atom. The average molecular weight is 290 g/mol. The van der Waals surface area contributed by atoms with Crippen molar-refractivity contribution in [2.45, 2.75) is 72.6 Å². The third-order valence-corrected chi connectivity index (χ3v) is 6.44. The van der Waals surface area contributed by atoms with E-state index >= 15 is 0 Å². The Morgan fingerprint density at radius 1 is 1.33 bits per heavy atom. The summed E-state index contributed by atoms with van der Waals surface area (Å²) in [6, 6.07) is 0. The summed E-state index contributed by atoms with van der Waals surface area (Å²) < 4.78 is 0. The molecule has 0 aromatic rings. The van der Waals surface area contributed by atoms with E-state index in [-0.39, 0.29) is 6.61 Å². The van der Waals surface area contributed by atoms with E-state index in [1.807, 2.05) is 6.08 Å². The van der Waals surface area contributed by atoms with Crippen LogP contribution in [-0.2, 0) is 0 Å². The van der Waals surface area contributed by atoms with E-state index < -0.39 is 0 Å². The van der Waals surface area contributed by atoms with Crippen molar-refractivity contribution in [3.05, 3.63) is 23.8 Å². The van der Waals surface area contributed by atoms with Gasteiger partial charge in [0.05, 0.1) is 6.61 Å². The Morgan fingerprint density at radius 3 is 2.71 bits per heavy atom. The molecule has 0 spiro atoms. The molecule has 2 aliphatic rings. The van der Waals surface area contributed by atoms with Gasteiger partial charge < -0.3 is 5.11 Å². The van der Waals surface area contributed by atoms with Crippen LogP contribution in [0, 0.1) is 22.7 Å². The van der Waals surface area contributed by atoms with Gasteiger partial charge in [-0.2, -0.15) is 0 Å². The van der Waals surface area contributed by atoms with Gasteiger partial charge in [-0.15, -0.1) is 0 Å². The van der Waals surface area contributed by atoms with Crippen molar-refractivity contribution in [1.29, 1.82) is 0 Å². The summed E-state index contributed by atoms with van der Waals surface area (Å²) in [5.74, 6) is 1.55. The summed E-state index contributed by atoms with van der Waals surface area (Å²) in [4.78, 5) is 0. The van der Waals surface area contributed by atoms with Crippen LogP contribution >= 0.6 is 0 Å². The highest BCUT2D eigenvalue weighted by atomic mass is 16.2. The van der Waals surface area contributed by atoms with Crippen molar-refractivity contribution in [3.8, 4) is 0 Å². The molecule has 120 valence electrons. The van der Waals surface area contributed by atoms with Gasteiger partial charge in [0, 0.05) is 0 Å². The highest BCUT2D eigenvalue weighted by molar-refractivity contribution is 5.15. The third kappa shape index (κ3) is 3.62. The fraction of sp³-hybridized carbons (Fsp3) is 0.800. The quantitative estimate of drug-likeness (QED) is 0.677. The Bertz CT molecular complexity index is 418. The van der Waals surface area contributed by atoms with Crippen molar-refractivity contribution >= 4 is 0 Å². The summed E-state index contributed by atoms with van der Waals surface area (Å²) in [7, 11) is 0. The third-order valence-electron chi connectivity index (χ3n) is 6.44. The monoisotopic (exact) mass is 290 g/mol. The molecule has 0 radical (unpaired) electrons. The molecule has 1 nitrogen and oxygen atoms in total. The molecular formula is C20H34O. The maximum absolute atomic E-state index is 9.03. The van der Waals surface area contributed by atoms with Crippen LogP contribution in [-0.4, -0.2) is 11.7 Å². The van der Waals surface area contributed by atoms with Crippen LogP contribution in [0.5, 0.6) is 0 Å². The molecule has 0 bridgehead atoms. The molecule has 0 saturated heterocycles. The maximum Gasteiger partial charge on any atom is 0.0614 e. The van der Waals surface area contributed by atoms with Crippen LogP contribution in [0.3, 0.4) is 0 Å². The van der Waals surface area contributed by atoms with Crippen LogP contribution in [0.1, 0.15) is 72.6 Å². The zero-order valence-corrected chi connectivity index (χ0v) is 14.5. The van der Waals surface area contributed by atoms with Crippen molar-refractivity contribution in [1.82, 2.24) is 0 Å². The largest absolute Gasteiger partial charge is 0.392 e. The van der Waals surface area contributed by atoms with Gasteiger partial charge in [0.15, 0.2) is 0 Å². The highest BCUT2D eigenvalue weighted by Crippen LogP contribution is 2.59. The minimum absolute atomic E-state index is 0.172. The molecule has 0 aromatic carbocycles. The first-order chi connectivity index (χ1) is 9.78. The number of rotatable bonds is 4. The van der Waals surface area contributed by atoms with Gasteiger partial charge in [-0.3, -0.25) is 0 Å². The number of aliphatic hydroxyl groups excluding tert-OH is 1. The molecule has 3 atom stereocenters. The van der Waals surface area contributed by atoms with Gasteiger partial charge in [-0.25, -0.2) is 0 Å². The second-order valence-corrected chi connectivity index (χ2v) is 8.59. The first-order valence-corrected chi connectivity index (χ1v) is 8.73. The fourth-order valence-electron chi connectivity index (χ4n) is 4.87. The van der Waals surface area contributed by atoms with E-state index in [4.69, 9.17) is 5.11 Å². The summed E-state index contributed by atoms with van der Waals surface area (Å²) in [6.07, 6.45) is 11.0. The Hall–Kier alpha value is -0.560. The average Bonchev–Trinajstić information content (AvgIpc) is 2.39. The van der Waals surface area contributed by atoms with Crippen molar-refractivity contribution < 1.29 is 5.11 Å². The van der Waals surface area contributed by atoms with Gasteiger partial charge >= 0.3 is 0 Å². The lowest BCUT2D eigenvalue weighted by Gasteiger charge is -2.55. The van der Waals surface area contributed by atoms with E-state index in [9.17, 15) is 0 Å². The zero-order valence-electron chi connectivity index (χ0n) is 14.5. The van der Waals surface area contributed by atoms with Crippen LogP contribution in [0.4, 0.5) is 0 Å². The van der Waals surface area contributed by atoms with E-state index in [2.05, 4.69) is 34.3 Å². The van der Waals surface area contributed by atoms with Crippen LogP contribution < -0.4 is 0 Å². The molecule has 2 aliphatic carbocycles. The molecule has 1 heteroatoms. The lowest BCUT2D eigenvalue weighted by molar-refractivity contribution is -0.0197. The lowest BCUT2D eigenvalue weighted by Crippen LogP contribution is -2.45. The Kier molecular flexibility index (Phi) is 5.03. The number of hydrogen-bond donors (Lipinski definition) is 1. The standard InChI is InChI=1S/C20H34O/c1-15(10-13-21)6-9-18-16(2)7-8-17-14-19(3,4)11-12-20(17,18)5/h10,17-18,21H,2,6-9,11-14H2,1,3-5H3/b15-10+/t17-,18-,20-/m1/s1. The molecular weight excluding hydrogens is 256 g/mol. The van der Waals surface area contributed by atoms with E-state index in [1.54, 1.807) is 0 Å². The predicted octanol–water partition coefficient (Wildman–Crippen LogP) is 5.50. The highest BCUT2D eigenvalue weighted by Gasteiger charge is 2.49. The van der Waals surface area contributed by atoms with Crippen LogP contribution in [0.25, 0.3) is 0 Å². The number of fused-ring (bicyclic) bond motifs is 1. The lowest BCUT2D eigenvalue weighted by atomic mass is 9.50. The maximum atomic E-state index is 9.03. The molecule has 2 saturated carbocycles. The molecule has 0 unspecified atom stereocenters. The van der Waals surface area contributed by atoms with Crippen molar-refractivity contribution in [3.63, 3.8) is 0 Å². The molecule has 0 amide bonds. The fourth-order valence-corrected chi connectivity index (χ4v) is 4.87. The Balaban J connectivity index is 2.11. The molecule has 1 N–H and O–H groups in total. The smallest absolute Gasteiger partial charge is 0.0614 e. The summed E-state index contributed by atoms with van der Waals surface area (Å²) in [5, 5.41) is 9.03. The summed E-state index contributed by atoms with van der Waals surface area (Å²) in [6.45, 7) is 14.2. The topological polar surface area (TPSA) is 20.2 Å². The molecule has 0 heterocycles. The second kappa shape index (κ2) is 6.28. The minimum atomic E-state index is 0.172. The molecule has 0 aromatic heterocycles. The number of aliphatic hydroxyl groups is 1. The molecule has 2 fully saturated rings. The van der Waals surface area contributed by atoms with Gasteiger partial charge in [-0.1, -0.05) is 44.6 Å². The van der Waals surface area contributed by atoms with E-state index in [1.165, 1.54) is 49.7 Å². The molecule has 0 aliphatic heterocycles.